The molecule has 3 rings (SSSR count). The molecule has 2 aromatic carbocycles. The van der Waals surface area contributed by atoms with Gasteiger partial charge in [-0.25, -0.2) is 9.86 Å². The van der Waals surface area contributed by atoms with Gasteiger partial charge in [0.25, 0.3) is 5.91 Å². The van der Waals surface area contributed by atoms with Crippen molar-refractivity contribution in [2.24, 2.45) is 0 Å². The minimum atomic E-state index is -0.985. The Morgan fingerprint density at radius 3 is 2.21 bits per heavy atom. The van der Waals surface area contributed by atoms with Crippen LogP contribution in [0.15, 0.2) is 53.4 Å². The number of ether oxygens (including phenoxy) is 1. The molecule has 10 heteroatoms. The van der Waals surface area contributed by atoms with Crippen LogP contribution in [0.25, 0.3) is 0 Å². The highest BCUT2D eigenvalue weighted by Gasteiger charge is 2.49. The number of thioether (sulfide) groups is 1. The first-order valence-electron chi connectivity index (χ1n) is 10.1. The number of hydrogen-bond donors (Lipinski definition) is 1. The molecule has 1 atom stereocenters. The van der Waals surface area contributed by atoms with Crippen LogP contribution in [0.3, 0.4) is 0 Å². The third kappa shape index (κ3) is 5.27. The number of imide groups is 1. The Kier molecular flexibility index (Phi) is 7.26. The van der Waals surface area contributed by atoms with Crippen molar-refractivity contribution >= 4 is 30.1 Å². The summed E-state index contributed by atoms with van der Waals surface area (Å²) in [5.74, 6) is 1.08. The maximum atomic E-state index is 12.6. The third-order valence-electron chi connectivity index (χ3n) is 5.49. The molecule has 1 aliphatic heterocycles. The number of hydrogen-bond acceptors (Lipinski definition) is 7. The number of carbonyl (C=O) groups is 3. The summed E-state index contributed by atoms with van der Waals surface area (Å²) >= 11 is 1.36. The maximum Gasteiger partial charge on any atom is 0.327 e. The molecule has 0 bridgehead atoms. The summed E-state index contributed by atoms with van der Waals surface area (Å²) in [5, 5.41) is 19.4. The van der Waals surface area contributed by atoms with Crippen molar-refractivity contribution in [2.45, 2.75) is 30.3 Å². The smallest absolute Gasteiger partial charge is 0.327 e. The number of urea groups is 1. The number of likely N-dealkylation sites (N-methyl/N-ethyl adjacent to an activating group) is 1. The Labute approximate surface area is 196 Å². The predicted octanol–water partition coefficient (Wildman–Crippen LogP) is 3.33. The molecule has 1 unspecified atom stereocenters. The molecule has 4 amide bonds. The SMILES string of the molecule is CN1C(=O)N(CC(CSc2ccc(Oc3ccc(C#N)cc3)cc2)N(O)C=O)C(=O)C1(C)C. The maximum absolute atomic E-state index is 12.6. The van der Waals surface area contributed by atoms with E-state index in [1.807, 2.05) is 12.1 Å². The highest BCUT2D eigenvalue weighted by Crippen LogP contribution is 2.29. The van der Waals surface area contributed by atoms with Crippen LogP contribution in [-0.4, -0.2) is 69.3 Å². The van der Waals surface area contributed by atoms with Gasteiger partial charge in [-0.2, -0.15) is 5.26 Å². The quantitative estimate of drug-likeness (QED) is 0.197. The third-order valence-corrected chi connectivity index (χ3v) is 6.64. The lowest BCUT2D eigenvalue weighted by molar-refractivity contribution is -0.160. The fourth-order valence-electron chi connectivity index (χ4n) is 3.18. The largest absolute Gasteiger partial charge is 0.457 e. The molecule has 0 aliphatic carbocycles. The predicted molar refractivity (Wildman–Crippen MR) is 121 cm³/mol. The molecule has 0 saturated carbocycles. The Morgan fingerprint density at radius 2 is 1.73 bits per heavy atom. The van der Waals surface area contributed by atoms with Crippen molar-refractivity contribution in [3.05, 3.63) is 54.1 Å². The molecule has 9 nitrogen and oxygen atoms in total. The van der Waals surface area contributed by atoms with Crippen LogP contribution >= 0.6 is 11.8 Å². The second-order valence-electron chi connectivity index (χ2n) is 7.98. The molecule has 172 valence electrons. The van der Waals surface area contributed by atoms with E-state index in [-0.39, 0.29) is 24.6 Å². The van der Waals surface area contributed by atoms with Crippen molar-refractivity contribution < 1.29 is 24.3 Å². The van der Waals surface area contributed by atoms with E-state index in [9.17, 15) is 19.6 Å². The number of hydroxylamine groups is 2. The molecular formula is C23H24N4O5S. The topological polar surface area (TPSA) is 114 Å². The number of rotatable bonds is 9. The summed E-state index contributed by atoms with van der Waals surface area (Å²) in [5.41, 5.74) is -0.439. The first-order valence-corrected chi connectivity index (χ1v) is 11.1. The van der Waals surface area contributed by atoms with Gasteiger partial charge in [0.1, 0.15) is 17.0 Å². The van der Waals surface area contributed by atoms with E-state index in [2.05, 4.69) is 6.07 Å². The number of benzene rings is 2. The van der Waals surface area contributed by atoms with Crippen molar-refractivity contribution in [1.29, 1.82) is 5.26 Å². The van der Waals surface area contributed by atoms with Crippen LogP contribution in [-0.2, 0) is 9.59 Å². The van der Waals surface area contributed by atoms with Gasteiger partial charge in [0.15, 0.2) is 0 Å². The molecule has 1 fully saturated rings. The van der Waals surface area contributed by atoms with Gasteiger partial charge in [-0.15, -0.1) is 11.8 Å². The molecular weight excluding hydrogens is 444 g/mol. The molecule has 1 aliphatic rings. The molecule has 2 aromatic rings. The first-order chi connectivity index (χ1) is 15.7. The van der Waals surface area contributed by atoms with Gasteiger partial charge >= 0.3 is 6.03 Å². The minimum Gasteiger partial charge on any atom is -0.457 e. The van der Waals surface area contributed by atoms with E-state index in [0.717, 1.165) is 9.80 Å². The summed E-state index contributed by atoms with van der Waals surface area (Å²) in [4.78, 5) is 39.5. The summed E-state index contributed by atoms with van der Waals surface area (Å²) in [6, 6.07) is 14.8. The monoisotopic (exact) mass is 468 g/mol. The van der Waals surface area contributed by atoms with Gasteiger partial charge in [0.05, 0.1) is 24.2 Å². The van der Waals surface area contributed by atoms with Crippen LogP contribution in [0.5, 0.6) is 11.5 Å². The lowest BCUT2D eigenvalue weighted by atomic mass is 10.1. The first kappa shape index (κ1) is 24.1. The van der Waals surface area contributed by atoms with Crippen LogP contribution in [0.4, 0.5) is 4.79 Å². The van der Waals surface area contributed by atoms with Crippen molar-refractivity contribution in [1.82, 2.24) is 14.9 Å². The van der Waals surface area contributed by atoms with Crippen LogP contribution in [0.1, 0.15) is 19.4 Å². The molecule has 0 aromatic heterocycles. The number of carbonyl (C=O) groups excluding carboxylic acids is 3. The zero-order valence-corrected chi connectivity index (χ0v) is 19.3. The number of nitrogens with zero attached hydrogens (tertiary/aromatic N) is 4. The van der Waals surface area contributed by atoms with E-state index in [4.69, 9.17) is 10.00 Å². The zero-order chi connectivity index (χ0) is 24.2. The Balaban J connectivity index is 1.63. The molecule has 1 saturated heterocycles. The van der Waals surface area contributed by atoms with E-state index in [1.54, 1.807) is 57.3 Å². The molecule has 1 N–H and O–H groups in total. The van der Waals surface area contributed by atoms with Crippen molar-refractivity contribution in [2.75, 3.05) is 19.3 Å². The van der Waals surface area contributed by atoms with Gasteiger partial charge in [-0.3, -0.25) is 19.7 Å². The standard InChI is InChI=1S/C23H24N4O5S/c1-23(2)21(29)26(22(30)25(23)3)13-17(27(31)15-28)14-33-20-10-8-19(9-11-20)32-18-6-4-16(12-24)5-7-18/h4-11,15,17,31H,13-14H2,1-3H3. The Hall–Kier alpha value is -3.55. The van der Waals surface area contributed by atoms with E-state index in [1.165, 1.54) is 16.7 Å². The lowest BCUT2D eigenvalue weighted by Gasteiger charge is -2.26. The second-order valence-corrected chi connectivity index (χ2v) is 9.07. The van der Waals surface area contributed by atoms with Gasteiger partial charge < -0.3 is 9.64 Å². The molecule has 0 radical (unpaired) electrons. The molecule has 1 heterocycles. The van der Waals surface area contributed by atoms with Gasteiger partial charge in [-0.05, 0) is 62.4 Å². The van der Waals surface area contributed by atoms with Crippen molar-refractivity contribution in [3.63, 3.8) is 0 Å². The summed E-state index contributed by atoms with van der Waals surface area (Å²) in [6.45, 7) is 3.18. The highest BCUT2D eigenvalue weighted by atomic mass is 32.2. The van der Waals surface area contributed by atoms with Crippen LogP contribution in [0.2, 0.25) is 0 Å². The average molecular weight is 469 g/mol. The van der Waals surface area contributed by atoms with E-state index in [0.29, 0.717) is 22.1 Å². The Bertz CT molecular complexity index is 1070. The fraction of sp³-hybridized carbons (Fsp3) is 0.304. The van der Waals surface area contributed by atoms with Crippen molar-refractivity contribution in [3.8, 4) is 17.6 Å². The van der Waals surface area contributed by atoms with Crippen LogP contribution in [0, 0.1) is 11.3 Å². The van der Waals surface area contributed by atoms with E-state index < -0.39 is 17.6 Å². The summed E-state index contributed by atoms with van der Waals surface area (Å²) < 4.78 is 5.76. The highest BCUT2D eigenvalue weighted by molar-refractivity contribution is 7.99. The zero-order valence-electron chi connectivity index (χ0n) is 18.5. The van der Waals surface area contributed by atoms with Crippen LogP contribution < -0.4 is 4.74 Å². The lowest BCUT2D eigenvalue weighted by Crippen LogP contribution is -2.47. The average Bonchev–Trinajstić information content (AvgIpc) is 2.97. The number of amides is 4. The van der Waals surface area contributed by atoms with Gasteiger partial charge in [-0.1, -0.05) is 0 Å². The summed E-state index contributed by atoms with van der Waals surface area (Å²) in [7, 11) is 1.54. The Morgan fingerprint density at radius 1 is 1.15 bits per heavy atom. The number of nitriles is 1. The fourth-order valence-corrected chi connectivity index (χ4v) is 4.15. The van der Waals surface area contributed by atoms with Gasteiger partial charge in [0, 0.05) is 17.7 Å². The normalized spacial score (nSPS) is 15.8. The molecule has 33 heavy (non-hydrogen) atoms. The summed E-state index contributed by atoms with van der Waals surface area (Å²) in [6.07, 6.45) is 0.264. The molecule has 0 spiro atoms. The van der Waals surface area contributed by atoms with E-state index >= 15 is 0 Å². The minimum absolute atomic E-state index is 0.117. The van der Waals surface area contributed by atoms with Gasteiger partial charge in [0.2, 0.25) is 6.41 Å². The second kappa shape index (κ2) is 9.94.